The molecule has 4 rings (SSSR count). The van der Waals surface area contributed by atoms with Gasteiger partial charge in [0.1, 0.15) is 5.82 Å². The molecule has 0 saturated carbocycles. The van der Waals surface area contributed by atoms with Gasteiger partial charge in [0.25, 0.3) is 5.91 Å². The lowest BCUT2D eigenvalue weighted by molar-refractivity contribution is -0.138. The number of halogens is 1. The van der Waals surface area contributed by atoms with Crippen molar-refractivity contribution in [2.75, 3.05) is 39.3 Å². The van der Waals surface area contributed by atoms with Gasteiger partial charge in [0.15, 0.2) is 0 Å². The highest BCUT2D eigenvalue weighted by Gasteiger charge is 2.35. The number of piperazine rings is 1. The molecule has 0 unspecified atom stereocenters. The second-order valence-electron chi connectivity index (χ2n) is 8.57. The van der Waals surface area contributed by atoms with Crippen LogP contribution in [0.25, 0.3) is 0 Å². The third-order valence-corrected chi connectivity index (χ3v) is 8.39. The summed E-state index contributed by atoms with van der Waals surface area (Å²) >= 11 is 0. The van der Waals surface area contributed by atoms with Crippen LogP contribution >= 0.6 is 0 Å². The van der Waals surface area contributed by atoms with Crippen LogP contribution in [0.5, 0.6) is 0 Å². The predicted octanol–water partition coefficient (Wildman–Crippen LogP) is 2.52. The van der Waals surface area contributed by atoms with Gasteiger partial charge < -0.3 is 9.80 Å². The SMILES string of the molecule is Cc1ccc(C(=O)N2CCN(C(=O)C3CCN(S(=O)(=O)c4ccccc4)CC3)CC2)cc1F. The Bertz CT molecular complexity index is 1120. The van der Waals surface area contributed by atoms with Crippen LogP contribution in [0.15, 0.2) is 53.4 Å². The van der Waals surface area contributed by atoms with E-state index < -0.39 is 15.8 Å². The number of hydrogen-bond donors (Lipinski definition) is 0. The van der Waals surface area contributed by atoms with E-state index in [9.17, 15) is 22.4 Å². The van der Waals surface area contributed by atoms with E-state index in [0.717, 1.165) is 0 Å². The molecule has 176 valence electrons. The fourth-order valence-corrected chi connectivity index (χ4v) is 5.87. The molecule has 0 spiro atoms. The Hall–Kier alpha value is -2.78. The smallest absolute Gasteiger partial charge is 0.254 e. The number of amides is 2. The molecule has 0 N–H and O–H groups in total. The first kappa shape index (κ1) is 23.4. The quantitative estimate of drug-likeness (QED) is 0.684. The Labute approximate surface area is 193 Å². The molecule has 9 heteroatoms. The first-order valence-electron chi connectivity index (χ1n) is 11.2. The zero-order chi connectivity index (χ0) is 23.6. The minimum Gasteiger partial charge on any atom is -0.339 e. The van der Waals surface area contributed by atoms with Crippen LogP contribution in [0, 0.1) is 18.7 Å². The van der Waals surface area contributed by atoms with E-state index >= 15 is 0 Å². The van der Waals surface area contributed by atoms with E-state index in [1.54, 1.807) is 59.2 Å². The molecule has 0 aromatic heterocycles. The number of piperidine rings is 1. The molecule has 0 aliphatic carbocycles. The van der Waals surface area contributed by atoms with Crippen LogP contribution in [0.2, 0.25) is 0 Å². The highest BCUT2D eigenvalue weighted by molar-refractivity contribution is 7.89. The van der Waals surface area contributed by atoms with Crippen molar-refractivity contribution in [3.63, 3.8) is 0 Å². The monoisotopic (exact) mass is 473 g/mol. The molecule has 0 bridgehead atoms. The Morgan fingerprint density at radius 3 is 2.09 bits per heavy atom. The summed E-state index contributed by atoms with van der Waals surface area (Å²) in [6.45, 7) is 3.89. The van der Waals surface area contributed by atoms with Crippen LogP contribution in [0.4, 0.5) is 4.39 Å². The summed E-state index contributed by atoms with van der Waals surface area (Å²) < 4.78 is 40.8. The van der Waals surface area contributed by atoms with Gasteiger partial charge in [-0.05, 0) is 49.6 Å². The standard InChI is InChI=1S/C24H28FN3O4S/c1-18-7-8-20(17-22(18)25)24(30)27-15-13-26(14-16-27)23(29)19-9-11-28(12-10-19)33(31,32)21-5-3-2-4-6-21/h2-8,17,19H,9-16H2,1H3. The molecule has 2 saturated heterocycles. The van der Waals surface area contributed by atoms with Crippen molar-refractivity contribution in [2.45, 2.75) is 24.7 Å². The van der Waals surface area contributed by atoms with Gasteiger partial charge >= 0.3 is 0 Å². The summed E-state index contributed by atoms with van der Waals surface area (Å²) in [7, 11) is -3.55. The maximum absolute atomic E-state index is 13.8. The summed E-state index contributed by atoms with van der Waals surface area (Å²) in [5, 5.41) is 0. The fourth-order valence-electron chi connectivity index (χ4n) is 4.38. The van der Waals surface area contributed by atoms with Gasteiger partial charge in [0.2, 0.25) is 15.9 Å². The lowest BCUT2D eigenvalue weighted by atomic mass is 9.96. The van der Waals surface area contributed by atoms with Crippen LogP contribution in [-0.4, -0.2) is 73.6 Å². The van der Waals surface area contributed by atoms with Crippen molar-refractivity contribution < 1.29 is 22.4 Å². The highest BCUT2D eigenvalue weighted by Crippen LogP contribution is 2.25. The minimum absolute atomic E-state index is 0.0141. The van der Waals surface area contributed by atoms with Crippen LogP contribution in [0.1, 0.15) is 28.8 Å². The maximum Gasteiger partial charge on any atom is 0.254 e. The van der Waals surface area contributed by atoms with Gasteiger partial charge in [0, 0.05) is 50.7 Å². The van der Waals surface area contributed by atoms with Crippen LogP contribution < -0.4 is 0 Å². The molecule has 2 aliphatic heterocycles. The van der Waals surface area contributed by atoms with Crippen molar-refractivity contribution in [3.05, 3.63) is 65.5 Å². The molecule has 2 aliphatic rings. The van der Waals surface area contributed by atoms with Gasteiger partial charge in [-0.3, -0.25) is 9.59 Å². The van der Waals surface area contributed by atoms with E-state index in [0.29, 0.717) is 63.2 Å². The Morgan fingerprint density at radius 2 is 1.48 bits per heavy atom. The molecule has 2 heterocycles. The Kier molecular flexibility index (Phi) is 6.81. The molecule has 33 heavy (non-hydrogen) atoms. The minimum atomic E-state index is -3.55. The average Bonchev–Trinajstić information content (AvgIpc) is 2.85. The molecule has 2 aromatic rings. The average molecular weight is 474 g/mol. The Balaban J connectivity index is 1.30. The van der Waals surface area contributed by atoms with Crippen molar-refractivity contribution in [1.82, 2.24) is 14.1 Å². The number of rotatable bonds is 4. The van der Waals surface area contributed by atoms with Gasteiger partial charge in [-0.1, -0.05) is 24.3 Å². The third kappa shape index (κ3) is 4.94. The van der Waals surface area contributed by atoms with Gasteiger partial charge in [-0.25, -0.2) is 12.8 Å². The molecule has 2 amide bonds. The first-order valence-corrected chi connectivity index (χ1v) is 12.6. The summed E-state index contributed by atoms with van der Waals surface area (Å²) in [4.78, 5) is 29.4. The zero-order valence-corrected chi connectivity index (χ0v) is 19.4. The molecule has 2 aromatic carbocycles. The van der Waals surface area contributed by atoms with E-state index in [4.69, 9.17) is 0 Å². The van der Waals surface area contributed by atoms with Gasteiger partial charge in [0.05, 0.1) is 4.90 Å². The second-order valence-corrected chi connectivity index (χ2v) is 10.5. The van der Waals surface area contributed by atoms with Crippen molar-refractivity contribution in [1.29, 1.82) is 0 Å². The number of nitrogens with zero attached hydrogens (tertiary/aromatic N) is 3. The maximum atomic E-state index is 13.8. The predicted molar refractivity (Wildman–Crippen MR) is 122 cm³/mol. The van der Waals surface area contributed by atoms with Crippen molar-refractivity contribution in [3.8, 4) is 0 Å². The van der Waals surface area contributed by atoms with Gasteiger partial charge in [-0.15, -0.1) is 0 Å². The van der Waals surface area contributed by atoms with E-state index in [2.05, 4.69) is 0 Å². The van der Waals surface area contributed by atoms with Crippen molar-refractivity contribution >= 4 is 21.8 Å². The largest absolute Gasteiger partial charge is 0.339 e. The molecular formula is C24H28FN3O4S. The van der Waals surface area contributed by atoms with Crippen molar-refractivity contribution in [2.24, 2.45) is 5.92 Å². The fraction of sp³-hybridized carbons (Fsp3) is 0.417. The molecule has 2 fully saturated rings. The number of carbonyl (C=O) groups excluding carboxylic acids is 2. The number of hydrogen-bond acceptors (Lipinski definition) is 4. The van der Waals surface area contributed by atoms with Crippen LogP contribution in [-0.2, 0) is 14.8 Å². The first-order chi connectivity index (χ1) is 15.8. The molecule has 0 atom stereocenters. The molecular weight excluding hydrogens is 445 g/mol. The molecule has 7 nitrogen and oxygen atoms in total. The second kappa shape index (κ2) is 9.61. The summed E-state index contributed by atoms with van der Waals surface area (Å²) in [5.74, 6) is -0.850. The van der Waals surface area contributed by atoms with E-state index in [-0.39, 0.29) is 22.6 Å². The topological polar surface area (TPSA) is 78.0 Å². The highest BCUT2D eigenvalue weighted by atomic mass is 32.2. The Morgan fingerprint density at radius 1 is 0.879 bits per heavy atom. The summed E-state index contributed by atoms with van der Waals surface area (Å²) in [6, 6.07) is 12.8. The van der Waals surface area contributed by atoms with E-state index in [1.165, 1.54) is 10.4 Å². The van der Waals surface area contributed by atoms with E-state index in [1.807, 2.05) is 0 Å². The number of aryl methyl sites for hydroxylation is 1. The lowest BCUT2D eigenvalue weighted by Gasteiger charge is -2.38. The number of benzene rings is 2. The zero-order valence-electron chi connectivity index (χ0n) is 18.6. The number of sulfonamides is 1. The van der Waals surface area contributed by atoms with Crippen LogP contribution in [0.3, 0.4) is 0 Å². The lowest BCUT2D eigenvalue weighted by Crippen LogP contribution is -2.53. The normalized spacial score (nSPS) is 18.4. The summed E-state index contributed by atoms with van der Waals surface area (Å²) in [5.41, 5.74) is 0.800. The summed E-state index contributed by atoms with van der Waals surface area (Å²) in [6.07, 6.45) is 0.958. The third-order valence-electron chi connectivity index (χ3n) is 6.48. The van der Waals surface area contributed by atoms with Gasteiger partial charge in [-0.2, -0.15) is 4.31 Å². The molecule has 0 radical (unpaired) electrons. The number of carbonyl (C=O) groups is 2.